The van der Waals surface area contributed by atoms with Crippen molar-refractivity contribution in [3.63, 3.8) is 0 Å². The van der Waals surface area contributed by atoms with E-state index in [0.717, 1.165) is 13.1 Å². The summed E-state index contributed by atoms with van der Waals surface area (Å²) in [5.74, 6) is -0.629. The summed E-state index contributed by atoms with van der Waals surface area (Å²) >= 11 is 0. The van der Waals surface area contributed by atoms with Crippen molar-refractivity contribution in [1.29, 1.82) is 0 Å². The number of fused-ring (bicyclic) bond motifs is 1. The van der Waals surface area contributed by atoms with Crippen LogP contribution in [0.5, 0.6) is 0 Å². The number of anilines is 1. The summed E-state index contributed by atoms with van der Waals surface area (Å²) in [6, 6.07) is 22.6. The maximum absolute atomic E-state index is 13.2. The fourth-order valence-corrected chi connectivity index (χ4v) is 4.41. The van der Waals surface area contributed by atoms with E-state index >= 15 is 0 Å². The largest absolute Gasteiger partial charge is 0.453 e. The Morgan fingerprint density at radius 1 is 0.818 bits per heavy atom. The van der Waals surface area contributed by atoms with E-state index in [-0.39, 0.29) is 11.8 Å². The highest BCUT2D eigenvalue weighted by Gasteiger charge is 2.37. The number of alkyl halides is 3. The minimum Gasteiger partial charge on any atom is -0.354 e. The predicted octanol–water partition coefficient (Wildman–Crippen LogP) is 4.36. The van der Waals surface area contributed by atoms with E-state index in [1.54, 1.807) is 13.0 Å². The van der Waals surface area contributed by atoms with Crippen LogP contribution < -0.4 is 4.90 Å². The van der Waals surface area contributed by atoms with E-state index in [1.165, 1.54) is 15.6 Å². The Bertz CT molecular complexity index is 1190. The van der Waals surface area contributed by atoms with E-state index in [4.69, 9.17) is 0 Å². The van der Waals surface area contributed by atoms with Gasteiger partial charge in [-0.3, -0.25) is 4.90 Å². The topological polar surface area (TPSA) is 49.6 Å². The predicted molar refractivity (Wildman–Crippen MR) is 119 cm³/mol. The smallest absolute Gasteiger partial charge is 0.354 e. The highest BCUT2D eigenvalue weighted by Crippen LogP contribution is 2.31. The van der Waals surface area contributed by atoms with Gasteiger partial charge in [0.25, 0.3) is 11.6 Å². The normalized spacial score (nSPS) is 15.5. The lowest BCUT2D eigenvalue weighted by molar-refractivity contribution is -0.144. The fourth-order valence-electron chi connectivity index (χ4n) is 4.41. The van der Waals surface area contributed by atoms with Gasteiger partial charge >= 0.3 is 6.18 Å². The van der Waals surface area contributed by atoms with Gasteiger partial charge in [0.2, 0.25) is 0 Å². The minimum absolute atomic E-state index is 0.0359. The van der Waals surface area contributed by atoms with Gasteiger partial charge in [0, 0.05) is 37.9 Å². The second kappa shape index (κ2) is 8.47. The van der Waals surface area contributed by atoms with E-state index in [9.17, 15) is 13.2 Å². The number of aryl methyl sites for hydroxylation is 1. The molecule has 0 N–H and O–H groups in total. The molecule has 0 aliphatic carbocycles. The molecule has 9 heteroatoms. The first-order valence-corrected chi connectivity index (χ1v) is 10.8. The van der Waals surface area contributed by atoms with Gasteiger partial charge in [0.1, 0.15) is 5.82 Å². The summed E-state index contributed by atoms with van der Waals surface area (Å²) in [6.07, 6.45) is -4.61. The second-order valence-electron chi connectivity index (χ2n) is 8.15. The Morgan fingerprint density at radius 2 is 1.39 bits per heavy atom. The third kappa shape index (κ3) is 4.28. The lowest BCUT2D eigenvalue weighted by atomic mass is 9.96. The van der Waals surface area contributed by atoms with Crippen molar-refractivity contribution >= 4 is 11.6 Å². The average molecular weight is 452 g/mol. The number of hydrogen-bond donors (Lipinski definition) is 0. The Morgan fingerprint density at radius 3 is 1.94 bits per heavy atom. The Hall–Kier alpha value is -3.46. The molecule has 1 saturated heterocycles. The highest BCUT2D eigenvalue weighted by atomic mass is 19.4. The van der Waals surface area contributed by atoms with Crippen LogP contribution in [0.1, 0.15) is 28.7 Å². The fraction of sp³-hybridized carbons (Fsp3) is 0.292. The number of benzene rings is 2. The molecule has 0 amide bonds. The number of piperazine rings is 1. The average Bonchev–Trinajstić information content (AvgIpc) is 3.25. The number of hydrogen-bond acceptors (Lipinski definition) is 5. The van der Waals surface area contributed by atoms with Gasteiger partial charge in [0.15, 0.2) is 0 Å². The monoisotopic (exact) mass is 452 g/mol. The zero-order valence-corrected chi connectivity index (χ0v) is 18.1. The Kier molecular flexibility index (Phi) is 5.49. The first kappa shape index (κ1) is 21.4. The summed E-state index contributed by atoms with van der Waals surface area (Å²) in [6.45, 7) is 4.55. The molecule has 0 spiro atoms. The minimum atomic E-state index is -4.61. The van der Waals surface area contributed by atoms with Crippen LogP contribution in [-0.2, 0) is 6.18 Å². The molecule has 1 fully saturated rings. The Labute approximate surface area is 189 Å². The van der Waals surface area contributed by atoms with Gasteiger partial charge in [-0.15, -0.1) is 5.10 Å². The SMILES string of the molecule is Cc1cc(N2CCN(C(c3ccccc3)c3ccccc3)CC2)n2nc(C(F)(F)F)nc2n1. The molecule has 1 aliphatic heterocycles. The molecule has 0 radical (unpaired) electrons. The van der Waals surface area contributed by atoms with Crippen molar-refractivity contribution in [2.45, 2.75) is 19.1 Å². The molecule has 0 atom stereocenters. The molecule has 1 aliphatic rings. The molecule has 0 saturated carbocycles. The maximum Gasteiger partial charge on any atom is 0.453 e. The molecule has 0 unspecified atom stereocenters. The van der Waals surface area contributed by atoms with Crippen LogP contribution in [0.25, 0.3) is 5.78 Å². The van der Waals surface area contributed by atoms with Crippen LogP contribution >= 0.6 is 0 Å². The van der Waals surface area contributed by atoms with Crippen LogP contribution in [0.2, 0.25) is 0 Å². The van der Waals surface area contributed by atoms with Gasteiger partial charge in [-0.1, -0.05) is 60.7 Å². The summed E-state index contributed by atoms with van der Waals surface area (Å²) in [4.78, 5) is 12.2. The van der Waals surface area contributed by atoms with Crippen LogP contribution in [0.3, 0.4) is 0 Å². The first-order valence-electron chi connectivity index (χ1n) is 10.8. The van der Waals surface area contributed by atoms with Crippen molar-refractivity contribution in [2.24, 2.45) is 0 Å². The molecule has 33 heavy (non-hydrogen) atoms. The zero-order valence-electron chi connectivity index (χ0n) is 18.1. The molecule has 5 rings (SSSR count). The summed E-state index contributed by atoms with van der Waals surface area (Å²) < 4.78 is 40.7. The summed E-state index contributed by atoms with van der Waals surface area (Å²) in [5, 5.41) is 3.71. The summed E-state index contributed by atoms with van der Waals surface area (Å²) in [5.41, 5.74) is 3.03. The van der Waals surface area contributed by atoms with Gasteiger partial charge in [0.05, 0.1) is 6.04 Å². The number of rotatable bonds is 4. The van der Waals surface area contributed by atoms with Gasteiger partial charge < -0.3 is 4.90 Å². The molecular formula is C24H23F3N6. The Balaban J connectivity index is 1.43. The van der Waals surface area contributed by atoms with Crippen molar-refractivity contribution in [3.05, 3.63) is 89.4 Å². The first-order chi connectivity index (χ1) is 15.9. The highest BCUT2D eigenvalue weighted by molar-refractivity contribution is 5.48. The number of nitrogens with zero attached hydrogens (tertiary/aromatic N) is 6. The quantitative estimate of drug-likeness (QED) is 0.461. The van der Waals surface area contributed by atoms with E-state index < -0.39 is 12.0 Å². The number of halogens is 3. The molecule has 3 heterocycles. The zero-order chi connectivity index (χ0) is 23.0. The number of aromatic nitrogens is 4. The molecule has 0 bridgehead atoms. The lowest BCUT2D eigenvalue weighted by Gasteiger charge is -2.40. The molecule has 170 valence electrons. The van der Waals surface area contributed by atoms with Crippen molar-refractivity contribution in [3.8, 4) is 0 Å². The lowest BCUT2D eigenvalue weighted by Crippen LogP contribution is -2.48. The standard InChI is InChI=1S/C24H23F3N6/c1-17-16-20(33-23(28-17)29-22(30-33)24(25,26)27)31-12-14-32(15-13-31)21(18-8-4-2-5-9-18)19-10-6-3-7-11-19/h2-11,16,21H,12-15H2,1H3. The third-order valence-electron chi connectivity index (χ3n) is 5.91. The van der Waals surface area contributed by atoms with Crippen LogP contribution in [0.15, 0.2) is 66.7 Å². The van der Waals surface area contributed by atoms with Crippen LogP contribution in [0.4, 0.5) is 19.0 Å². The molecule has 4 aromatic rings. The van der Waals surface area contributed by atoms with Crippen LogP contribution in [-0.4, -0.2) is 50.7 Å². The van der Waals surface area contributed by atoms with E-state index in [0.29, 0.717) is 24.6 Å². The molecule has 2 aromatic carbocycles. The second-order valence-corrected chi connectivity index (χ2v) is 8.15. The van der Waals surface area contributed by atoms with Crippen molar-refractivity contribution in [2.75, 3.05) is 31.1 Å². The van der Waals surface area contributed by atoms with Gasteiger partial charge in [-0.05, 0) is 18.1 Å². The molecule has 2 aromatic heterocycles. The van der Waals surface area contributed by atoms with Gasteiger partial charge in [-0.2, -0.15) is 22.7 Å². The van der Waals surface area contributed by atoms with Crippen molar-refractivity contribution < 1.29 is 13.2 Å². The molecule has 6 nitrogen and oxygen atoms in total. The van der Waals surface area contributed by atoms with Gasteiger partial charge in [-0.25, -0.2) is 4.98 Å². The maximum atomic E-state index is 13.2. The van der Waals surface area contributed by atoms with E-state index in [1.807, 2.05) is 36.4 Å². The van der Waals surface area contributed by atoms with E-state index in [2.05, 4.69) is 49.1 Å². The molecular weight excluding hydrogens is 429 g/mol. The van der Waals surface area contributed by atoms with Crippen LogP contribution in [0, 0.1) is 6.92 Å². The summed E-state index contributed by atoms with van der Waals surface area (Å²) in [7, 11) is 0. The third-order valence-corrected chi connectivity index (χ3v) is 5.91. The van der Waals surface area contributed by atoms with Crippen molar-refractivity contribution in [1.82, 2.24) is 24.5 Å².